The van der Waals surface area contributed by atoms with Gasteiger partial charge in [0.1, 0.15) is 4.87 Å². The number of aliphatic hydroxyl groups excluding tert-OH is 1. The number of aliphatic hydroxyl groups is 2. The molecule has 0 bridgehead atoms. The fourth-order valence-electron chi connectivity index (χ4n) is 2.03. The highest BCUT2D eigenvalue weighted by Gasteiger charge is 2.47. The van der Waals surface area contributed by atoms with E-state index in [1.807, 2.05) is 6.92 Å². The maximum Gasteiger partial charge on any atom is 0.154 e. The van der Waals surface area contributed by atoms with E-state index in [4.69, 9.17) is 16.7 Å². The molecule has 0 amide bonds. The summed E-state index contributed by atoms with van der Waals surface area (Å²) in [5.41, 5.74) is -1.18. The van der Waals surface area contributed by atoms with Gasteiger partial charge < -0.3 is 10.2 Å². The maximum atomic E-state index is 11.8. The third-order valence-electron chi connectivity index (χ3n) is 3.74. The van der Waals surface area contributed by atoms with E-state index in [2.05, 4.69) is 0 Å². The molecule has 0 aromatic carbocycles. The lowest BCUT2D eigenvalue weighted by molar-refractivity contribution is -0.132. The van der Waals surface area contributed by atoms with Crippen LogP contribution < -0.4 is 0 Å². The Morgan fingerprint density at radius 1 is 1.67 bits per heavy atom. The highest BCUT2D eigenvalue weighted by molar-refractivity contribution is 6.35. The van der Waals surface area contributed by atoms with Gasteiger partial charge in [0.15, 0.2) is 5.78 Å². The highest BCUT2D eigenvalue weighted by atomic mass is 35.5. The van der Waals surface area contributed by atoms with Gasteiger partial charge in [-0.05, 0) is 32.1 Å². The summed E-state index contributed by atoms with van der Waals surface area (Å²) < 4.78 is 0. The Bertz CT molecular complexity index is 261. The Labute approximate surface area is 95.4 Å². The summed E-state index contributed by atoms with van der Waals surface area (Å²) >= 11 is 6.14. The first-order chi connectivity index (χ1) is 6.71. The van der Waals surface area contributed by atoms with Crippen LogP contribution in [0.3, 0.4) is 0 Å². The van der Waals surface area contributed by atoms with Crippen LogP contribution in [0.2, 0.25) is 0 Å². The number of carbonyl (C=O) groups excluding carboxylic acids is 1. The topological polar surface area (TPSA) is 57.5 Å². The summed E-state index contributed by atoms with van der Waals surface area (Å²) in [6.45, 7) is 4.88. The van der Waals surface area contributed by atoms with Crippen LogP contribution in [0.15, 0.2) is 0 Å². The maximum absolute atomic E-state index is 11.8. The van der Waals surface area contributed by atoms with Gasteiger partial charge in [-0.3, -0.25) is 4.79 Å². The Hall–Kier alpha value is -0.120. The first kappa shape index (κ1) is 12.9. The summed E-state index contributed by atoms with van der Waals surface area (Å²) in [7, 11) is 0. The predicted molar refractivity (Wildman–Crippen MR) is 58.9 cm³/mol. The summed E-state index contributed by atoms with van der Waals surface area (Å²) in [6, 6.07) is 0. The Kier molecular flexibility index (Phi) is 3.49. The molecule has 1 aliphatic rings. The Balaban J connectivity index is 2.82. The average molecular weight is 235 g/mol. The van der Waals surface area contributed by atoms with Crippen molar-refractivity contribution in [3.05, 3.63) is 0 Å². The van der Waals surface area contributed by atoms with E-state index in [9.17, 15) is 9.90 Å². The highest BCUT2D eigenvalue weighted by Crippen LogP contribution is 2.42. The molecule has 88 valence electrons. The fourth-order valence-corrected chi connectivity index (χ4v) is 2.20. The average Bonchev–Trinajstić information content (AvgIpc) is 2.14. The quantitative estimate of drug-likeness (QED) is 0.709. The van der Waals surface area contributed by atoms with E-state index >= 15 is 0 Å². The van der Waals surface area contributed by atoms with E-state index in [0.29, 0.717) is 6.42 Å². The lowest BCUT2D eigenvalue weighted by Crippen LogP contribution is -2.50. The molecule has 15 heavy (non-hydrogen) atoms. The third kappa shape index (κ3) is 2.35. The fraction of sp³-hybridized carbons (Fsp3) is 0.909. The van der Waals surface area contributed by atoms with Crippen molar-refractivity contribution < 1.29 is 15.0 Å². The molecule has 0 radical (unpaired) electrons. The van der Waals surface area contributed by atoms with Crippen LogP contribution in [0.1, 0.15) is 33.6 Å². The van der Waals surface area contributed by atoms with Gasteiger partial charge in [-0.25, -0.2) is 0 Å². The van der Waals surface area contributed by atoms with Gasteiger partial charge in [-0.1, -0.05) is 6.92 Å². The normalized spacial score (nSPS) is 41.3. The van der Waals surface area contributed by atoms with E-state index in [1.165, 1.54) is 0 Å². The summed E-state index contributed by atoms with van der Waals surface area (Å²) in [6.07, 6.45) is 0.914. The van der Waals surface area contributed by atoms with E-state index < -0.39 is 10.5 Å². The van der Waals surface area contributed by atoms with Crippen molar-refractivity contribution in [3.8, 4) is 0 Å². The standard InChI is InChI=1S/C11H19ClO3/c1-7-4-8(10(2,15)6-13)5-9(14)11(7,3)12/h7-8,13,15H,4-6H2,1-3H3/t7-,8-,10?,11+/m0/s1. The molecule has 0 aromatic heterocycles. The van der Waals surface area contributed by atoms with Gasteiger partial charge in [0.25, 0.3) is 0 Å². The molecule has 3 nitrogen and oxygen atoms in total. The number of ketones is 1. The zero-order valence-electron chi connectivity index (χ0n) is 9.46. The van der Waals surface area contributed by atoms with Crippen molar-refractivity contribution in [1.82, 2.24) is 0 Å². The SMILES string of the molecule is C[C@H]1C[C@H](C(C)(O)CO)CC(=O)[C@]1(C)Cl. The summed E-state index contributed by atoms with van der Waals surface area (Å²) in [5.74, 6) is -0.220. The van der Waals surface area contributed by atoms with Gasteiger partial charge in [0, 0.05) is 6.42 Å². The second-order valence-electron chi connectivity index (χ2n) is 5.05. The first-order valence-corrected chi connectivity index (χ1v) is 5.65. The number of alkyl halides is 1. The monoisotopic (exact) mass is 234 g/mol. The van der Waals surface area contributed by atoms with Gasteiger partial charge >= 0.3 is 0 Å². The first-order valence-electron chi connectivity index (χ1n) is 5.27. The van der Waals surface area contributed by atoms with Crippen molar-refractivity contribution in [2.24, 2.45) is 11.8 Å². The Morgan fingerprint density at radius 3 is 2.60 bits per heavy atom. The molecule has 4 heteroatoms. The van der Waals surface area contributed by atoms with Crippen molar-refractivity contribution in [3.63, 3.8) is 0 Å². The van der Waals surface area contributed by atoms with Crippen LogP contribution in [-0.4, -0.2) is 33.1 Å². The van der Waals surface area contributed by atoms with E-state index in [1.54, 1.807) is 13.8 Å². The molecule has 0 spiro atoms. The minimum atomic E-state index is -1.18. The Morgan fingerprint density at radius 2 is 2.20 bits per heavy atom. The smallest absolute Gasteiger partial charge is 0.154 e. The van der Waals surface area contributed by atoms with Crippen LogP contribution in [0.4, 0.5) is 0 Å². The molecule has 1 rings (SSSR count). The molecule has 1 aliphatic carbocycles. The molecule has 0 aliphatic heterocycles. The molecular formula is C11H19ClO3. The molecule has 1 fully saturated rings. The number of halogens is 1. The molecule has 2 N–H and O–H groups in total. The van der Waals surface area contributed by atoms with Crippen molar-refractivity contribution >= 4 is 17.4 Å². The summed E-state index contributed by atoms with van der Waals surface area (Å²) in [5, 5.41) is 19.0. The number of rotatable bonds is 2. The number of Topliss-reactive ketones (excluding diaryl/α,β-unsaturated/α-hetero) is 1. The zero-order chi connectivity index (χ0) is 11.9. The van der Waals surface area contributed by atoms with Gasteiger partial charge in [-0.2, -0.15) is 0 Å². The second-order valence-corrected chi connectivity index (χ2v) is 5.84. The third-order valence-corrected chi connectivity index (χ3v) is 4.32. The second kappa shape index (κ2) is 4.04. The van der Waals surface area contributed by atoms with Crippen molar-refractivity contribution in [1.29, 1.82) is 0 Å². The zero-order valence-corrected chi connectivity index (χ0v) is 10.2. The van der Waals surface area contributed by atoms with Gasteiger partial charge in [0.05, 0.1) is 12.2 Å². The predicted octanol–water partition coefficient (Wildman–Crippen LogP) is 1.34. The number of carbonyl (C=O) groups is 1. The molecular weight excluding hydrogens is 216 g/mol. The van der Waals surface area contributed by atoms with Crippen LogP contribution in [0, 0.1) is 11.8 Å². The van der Waals surface area contributed by atoms with Crippen LogP contribution >= 0.6 is 11.6 Å². The van der Waals surface area contributed by atoms with Crippen molar-refractivity contribution in [2.75, 3.05) is 6.61 Å². The molecule has 1 saturated carbocycles. The largest absolute Gasteiger partial charge is 0.393 e. The molecule has 1 unspecified atom stereocenters. The van der Waals surface area contributed by atoms with E-state index in [-0.39, 0.29) is 30.6 Å². The number of hydrogen-bond donors (Lipinski definition) is 2. The van der Waals surface area contributed by atoms with Crippen LogP contribution in [0.5, 0.6) is 0 Å². The minimum absolute atomic E-state index is 0.0171. The van der Waals surface area contributed by atoms with Gasteiger partial charge in [-0.15, -0.1) is 11.6 Å². The molecule has 0 heterocycles. The minimum Gasteiger partial charge on any atom is -0.393 e. The van der Waals surface area contributed by atoms with Gasteiger partial charge in [0.2, 0.25) is 0 Å². The molecule has 0 saturated heterocycles. The molecule has 4 atom stereocenters. The van der Waals surface area contributed by atoms with Crippen LogP contribution in [0.25, 0.3) is 0 Å². The van der Waals surface area contributed by atoms with Crippen molar-refractivity contribution in [2.45, 2.75) is 44.1 Å². The lowest BCUT2D eigenvalue weighted by Gasteiger charge is -2.42. The van der Waals surface area contributed by atoms with Crippen LogP contribution in [-0.2, 0) is 4.79 Å². The summed E-state index contributed by atoms with van der Waals surface area (Å²) in [4.78, 5) is 11.0. The lowest BCUT2D eigenvalue weighted by atomic mass is 9.69. The number of hydrogen-bond acceptors (Lipinski definition) is 3. The molecule has 0 aromatic rings. The van der Waals surface area contributed by atoms with E-state index in [0.717, 1.165) is 0 Å².